The van der Waals surface area contributed by atoms with Crippen LogP contribution in [0.15, 0.2) is 49.1 Å². The maximum absolute atomic E-state index is 12.9. The minimum absolute atomic E-state index is 0.230. The van der Waals surface area contributed by atoms with E-state index in [1.54, 1.807) is 36.7 Å². The van der Waals surface area contributed by atoms with Crippen LogP contribution >= 0.6 is 11.3 Å². The largest absolute Gasteiger partial charge is 0.496 e. The molecule has 0 aliphatic rings. The minimum atomic E-state index is -0.988. The van der Waals surface area contributed by atoms with Crippen molar-refractivity contribution in [1.82, 2.24) is 24.8 Å². The molecule has 0 saturated carbocycles. The standard InChI is InChI=1S/C20H14N6O4S/c1-30-14-7-15-10(6-16(31-15)20(28)29)5-11(14)17-13(9-22-25-17)24-19(27)12-8-23-26-4-2-3-21-18(12)26/h2-9H,1H3,(H,22,25)(H,24,27)(H,28,29). The van der Waals surface area contributed by atoms with Gasteiger partial charge in [0, 0.05) is 22.7 Å². The molecule has 0 aliphatic carbocycles. The van der Waals surface area contributed by atoms with E-state index in [4.69, 9.17) is 4.74 Å². The Labute approximate surface area is 178 Å². The molecule has 4 heterocycles. The van der Waals surface area contributed by atoms with Crippen molar-refractivity contribution < 1.29 is 19.4 Å². The Kier molecular flexibility index (Phi) is 4.37. The third kappa shape index (κ3) is 3.16. The number of amides is 1. The van der Waals surface area contributed by atoms with Gasteiger partial charge in [-0.25, -0.2) is 14.3 Å². The molecule has 0 bridgehead atoms. The number of nitrogens with zero attached hydrogens (tertiary/aromatic N) is 4. The van der Waals surface area contributed by atoms with Crippen molar-refractivity contribution in [1.29, 1.82) is 0 Å². The minimum Gasteiger partial charge on any atom is -0.496 e. The summed E-state index contributed by atoms with van der Waals surface area (Å²) in [5.74, 6) is -0.859. The topological polar surface area (TPSA) is 134 Å². The van der Waals surface area contributed by atoms with Gasteiger partial charge in [-0.3, -0.25) is 9.89 Å². The van der Waals surface area contributed by atoms with Crippen LogP contribution in [0.25, 0.3) is 27.0 Å². The number of benzene rings is 1. The number of nitrogens with one attached hydrogen (secondary N) is 2. The number of aromatic carboxylic acids is 1. The van der Waals surface area contributed by atoms with E-state index in [0.29, 0.717) is 33.9 Å². The molecule has 4 aromatic heterocycles. The van der Waals surface area contributed by atoms with Crippen molar-refractivity contribution in [3.8, 4) is 17.0 Å². The number of aromatic nitrogens is 5. The Morgan fingerprint density at radius 3 is 2.94 bits per heavy atom. The number of hydrogen-bond donors (Lipinski definition) is 3. The molecule has 0 fully saturated rings. The number of methoxy groups -OCH3 is 1. The van der Waals surface area contributed by atoms with Crippen molar-refractivity contribution in [2.45, 2.75) is 0 Å². The number of aromatic amines is 1. The van der Waals surface area contributed by atoms with Crippen LogP contribution in [0.2, 0.25) is 0 Å². The van der Waals surface area contributed by atoms with E-state index in [9.17, 15) is 14.7 Å². The van der Waals surface area contributed by atoms with E-state index < -0.39 is 5.97 Å². The molecule has 0 spiro atoms. The number of carbonyl (C=O) groups excluding carboxylic acids is 1. The first-order valence-electron chi connectivity index (χ1n) is 9.03. The summed E-state index contributed by atoms with van der Waals surface area (Å²) in [6.45, 7) is 0. The smallest absolute Gasteiger partial charge is 0.345 e. The fourth-order valence-corrected chi connectivity index (χ4v) is 4.21. The summed E-state index contributed by atoms with van der Waals surface area (Å²) in [5.41, 5.74) is 2.35. The number of ether oxygens (including phenoxy) is 1. The van der Waals surface area contributed by atoms with Crippen LogP contribution in [-0.4, -0.2) is 48.9 Å². The third-order valence-electron chi connectivity index (χ3n) is 4.73. The molecule has 0 radical (unpaired) electrons. The van der Waals surface area contributed by atoms with Crippen molar-refractivity contribution >= 4 is 44.6 Å². The molecular weight excluding hydrogens is 420 g/mol. The molecule has 5 aromatic rings. The highest BCUT2D eigenvalue weighted by Gasteiger charge is 2.20. The van der Waals surface area contributed by atoms with Crippen LogP contribution in [0.1, 0.15) is 20.0 Å². The zero-order valence-corrected chi connectivity index (χ0v) is 16.8. The summed E-state index contributed by atoms with van der Waals surface area (Å²) in [5, 5.41) is 23.9. The van der Waals surface area contributed by atoms with Gasteiger partial charge in [0.2, 0.25) is 0 Å². The molecule has 10 nitrogen and oxygen atoms in total. The summed E-state index contributed by atoms with van der Waals surface area (Å²) in [6.07, 6.45) is 6.23. The van der Waals surface area contributed by atoms with Gasteiger partial charge in [-0.15, -0.1) is 11.3 Å². The van der Waals surface area contributed by atoms with Gasteiger partial charge >= 0.3 is 5.97 Å². The summed E-state index contributed by atoms with van der Waals surface area (Å²) < 4.78 is 7.80. The van der Waals surface area contributed by atoms with Crippen molar-refractivity contribution in [2.75, 3.05) is 12.4 Å². The molecule has 5 rings (SSSR count). The Hall–Kier alpha value is -4.25. The second-order valence-corrected chi connectivity index (χ2v) is 7.65. The van der Waals surface area contributed by atoms with E-state index in [2.05, 4.69) is 25.6 Å². The number of carboxylic acids is 1. The van der Waals surface area contributed by atoms with Gasteiger partial charge in [0.15, 0.2) is 5.65 Å². The zero-order chi connectivity index (χ0) is 21.5. The quantitative estimate of drug-likeness (QED) is 0.386. The maximum atomic E-state index is 12.9. The number of hydrogen-bond acceptors (Lipinski definition) is 7. The van der Waals surface area contributed by atoms with Crippen molar-refractivity contribution in [3.05, 3.63) is 59.5 Å². The lowest BCUT2D eigenvalue weighted by atomic mass is 10.1. The summed E-state index contributed by atoms with van der Waals surface area (Å²) in [6, 6.07) is 6.89. The lowest BCUT2D eigenvalue weighted by Crippen LogP contribution is -2.12. The molecule has 3 N–H and O–H groups in total. The van der Waals surface area contributed by atoms with E-state index in [1.165, 1.54) is 24.0 Å². The lowest BCUT2D eigenvalue weighted by molar-refractivity contribution is 0.0702. The molecule has 11 heteroatoms. The third-order valence-corrected chi connectivity index (χ3v) is 5.82. The normalized spacial score (nSPS) is 11.1. The van der Waals surface area contributed by atoms with Gasteiger partial charge in [-0.2, -0.15) is 10.2 Å². The number of H-pyrrole nitrogens is 1. The predicted molar refractivity (Wildman–Crippen MR) is 114 cm³/mol. The van der Waals surface area contributed by atoms with E-state index in [0.717, 1.165) is 21.4 Å². The predicted octanol–water partition coefficient (Wildman–Crippen LogP) is 3.29. The number of fused-ring (bicyclic) bond motifs is 2. The monoisotopic (exact) mass is 434 g/mol. The molecule has 1 amide bonds. The van der Waals surface area contributed by atoms with Crippen LogP contribution < -0.4 is 10.1 Å². The van der Waals surface area contributed by atoms with E-state index in [1.807, 2.05) is 0 Å². The van der Waals surface area contributed by atoms with Crippen LogP contribution in [0.3, 0.4) is 0 Å². The second kappa shape index (κ2) is 7.22. The van der Waals surface area contributed by atoms with Crippen LogP contribution in [-0.2, 0) is 0 Å². The first kappa shape index (κ1) is 18.8. The van der Waals surface area contributed by atoms with Gasteiger partial charge in [-0.05, 0) is 29.7 Å². The Bertz CT molecular complexity index is 1470. The molecule has 154 valence electrons. The number of carboxylic acid groups (broad SMARTS) is 1. The van der Waals surface area contributed by atoms with Crippen LogP contribution in [0.4, 0.5) is 5.69 Å². The number of carbonyl (C=O) groups is 2. The van der Waals surface area contributed by atoms with Crippen LogP contribution in [0, 0.1) is 0 Å². The fourth-order valence-electron chi connectivity index (χ4n) is 3.30. The second-order valence-electron chi connectivity index (χ2n) is 6.57. The summed E-state index contributed by atoms with van der Waals surface area (Å²) in [7, 11) is 1.52. The highest BCUT2D eigenvalue weighted by atomic mass is 32.1. The summed E-state index contributed by atoms with van der Waals surface area (Å²) >= 11 is 1.16. The van der Waals surface area contributed by atoms with Gasteiger partial charge in [0.05, 0.1) is 30.9 Å². The van der Waals surface area contributed by atoms with Crippen molar-refractivity contribution in [2.24, 2.45) is 0 Å². The number of thiophene rings is 1. The molecule has 0 unspecified atom stereocenters. The van der Waals surface area contributed by atoms with E-state index in [-0.39, 0.29) is 10.8 Å². The number of rotatable bonds is 5. The highest BCUT2D eigenvalue weighted by Crippen LogP contribution is 2.39. The average molecular weight is 434 g/mol. The zero-order valence-electron chi connectivity index (χ0n) is 16.0. The molecule has 31 heavy (non-hydrogen) atoms. The SMILES string of the molecule is COc1cc2sc(C(=O)O)cc2cc1-c1[nH]ncc1NC(=O)c1cnn2cccnc12. The number of anilines is 1. The molecule has 0 aliphatic heterocycles. The van der Waals surface area contributed by atoms with Gasteiger partial charge < -0.3 is 15.2 Å². The molecule has 0 saturated heterocycles. The molecule has 0 atom stereocenters. The average Bonchev–Trinajstić information content (AvgIpc) is 3.50. The first-order valence-corrected chi connectivity index (χ1v) is 9.85. The van der Waals surface area contributed by atoms with E-state index >= 15 is 0 Å². The summed E-state index contributed by atoms with van der Waals surface area (Å²) in [4.78, 5) is 28.6. The van der Waals surface area contributed by atoms with Gasteiger partial charge in [-0.1, -0.05) is 0 Å². The van der Waals surface area contributed by atoms with Crippen molar-refractivity contribution in [3.63, 3.8) is 0 Å². The molecule has 1 aromatic carbocycles. The van der Waals surface area contributed by atoms with Crippen LogP contribution in [0.5, 0.6) is 5.75 Å². The lowest BCUT2D eigenvalue weighted by Gasteiger charge is -2.10. The fraction of sp³-hybridized carbons (Fsp3) is 0.0500. The maximum Gasteiger partial charge on any atom is 0.345 e. The molecular formula is C20H14N6O4S. The Morgan fingerprint density at radius 2 is 2.13 bits per heavy atom. The first-order chi connectivity index (χ1) is 15.0. The highest BCUT2D eigenvalue weighted by molar-refractivity contribution is 7.20. The Morgan fingerprint density at radius 1 is 1.26 bits per heavy atom. The van der Waals surface area contributed by atoms with Gasteiger partial charge in [0.1, 0.15) is 16.2 Å². The van der Waals surface area contributed by atoms with Gasteiger partial charge in [0.25, 0.3) is 5.91 Å². The Balaban J connectivity index is 1.54.